The van der Waals surface area contributed by atoms with Crippen LogP contribution in [-0.4, -0.2) is 5.33 Å². The first kappa shape index (κ1) is 10.4. The second-order valence-corrected chi connectivity index (χ2v) is 4.25. The maximum absolute atomic E-state index is 3.47. The van der Waals surface area contributed by atoms with Gasteiger partial charge >= 0.3 is 0 Å². The lowest BCUT2D eigenvalue weighted by atomic mass is 10.0. The van der Waals surface area contributed by atoms with Gasteiger partial charge in [0.1, 0.15) is 0 Å². The minimum Gasteiger partial charge on any atom is -0.0880 e. The Morgan fingerprint density at radius 1 is 1.13 bits per heavy atom. The molecule has 15 heavy (non-hydrogen) atoms. The fourth-order valence-electron chi connectivity index (χ4n) is 1.68. The highest BCUT2D eigenvalue weighted by Crippen LogP contribution is 2.21. The molecule has 0 radical (unpaired) electrons. The summed E-state index contributed by atoms with van der Waals surface area (Å²) in [5, 5.41) is 3.55. The summed E-state index contributed by atoms with van der Waals surface area (Å²) in [4.78, 5) is 0. The Morgan fingerprint density at radius 3 is 2.67 bits per heavy atom. The Hall–Kier alpha value is -1.08. The van der Waals surface area contributed by atoms with Crippen LogP contribution in [0.5, 0.6) is 0 Å². The molecule has 0 atom stereocenters. The van der Waals surface area contributed by atoms with Gasteiger partial charge in [-0.05, 0) is 23.3 Å². The van der Waals surface area contributed by atoms with Gasteiger partial charge in [-0.15, -0.1) is 0 Å². The third kappa shape index (κ3) is 2.29. The topological polar surface area (TPSA) is 0 Å². The summed E-state index contributed by atoms with van der Waals surface area (Å²) >= 11 is 3.47. The quantitative estimate of drug-likeness (QED) is 0.691. The predicted octanol–water partition coefficient (Wildman–Crippen LogP) is 4.64. The van der Waals surface area contributed by atoms with Crippen molar-refractivity contribution in [1.29, 1.82) is 0 Å². The first-order valence-electron chi connectivity index (χ1n) is 5.02. The van der Waals surface area contributed by atoms with Gasteiger partial charge in [-0.2, -0.15) is 0 Å². The van der Waals surface area contributed by atoms with Crippen molar-refractivity contribution in [3.05, 3.63) is 53.6 Å². The molecule has 1 heteroatoms. The number of hydrogen-bond donors (Lipinski definition) is 0. The lowest BCUT2D eigenvalue weighted by molar-refractivity contribution is 1.46. The van der Waals surface area contributed by atoms with Gasteiger partial charge in [0.2, 0.25) is 0 Å². The van der Waals surface area contributed by atoms with Gasteiger partial charge in [0.25, 0.3) is 0 Å². The van der Waals surface area contributed by atoms with Crippen LogP contribution in [0.25, 0.3) is 16.8 Å². The summed E-state index contributed by atoms with van der Waals surface area (Å²) in [5.74, 6) is 0. The lowest BCUT2D eigenvalue weighted by Crippen LogP contribution is -1.80. The third-order valence-electron chi connectivity index (χ3n) is 2.44. The highest BCUT2D eigenvalue weighted by molar-refractivity contribution is 9.09. The van der Waals surface area contributed by atoms with Crippen LogP contribution in [0.15, 0.2) is 48.0 Å². The average Bonchev–Trinajstić information content (AvgIpc) is 2.29. The number of hydrogen-bond acceptors (Lipinski definition) is 0. The molecule has 0 saturated carbocycles. The molecule has 0 amide bonds. The zero-order valence-corrected chi connectivity index (χ0v) is 10.3. The van der Waals surface area contributed by atoms with E-state index in [1.807, 2.05) is 0 Å². The van der Waals surface area contributed by atoms with Crippen LogP contribution in [0, 0.1) is 0 Å². The van der Waals surface area contributed by atoms with Crippen LogP contribution in [0.3, 0.4) is 0 Å². The predicted molar refractivity (Wildman–Crippen MR) is 71.4 cm³/mol. The summed E-state index contributed by atoms with van der Waals surface area (Å²) in [5.41, 5.74) is 2.64. The van der Waals surface area contributed by atoms with Crippen molar-refractivity contribution in [3.63, 3.8) is 0 Å². The van der Waals surface area contributed by atoms with Crippen molar-refractivity contribution >= 4 is 32.8 Å². The van der Waals surface area contributed by atoms with E-state index in [1.54, 1.807) is 0 Å². The van der Waals surface area contributed by atoms with Gasteiger partial charge in [0.15, 0.2) is 0 Å². The molecule has 76 valence electrons. The SMILES string of the molecule is C/C(=C/c1cccc2ccccc12)CBr. The Bertz CT molecular complexity index is 492. The number of fused-ring (bicyclic) bond motifs is 1. The summed E-state index contributed by atoms with van der Waals surface area (Å²) < 4.78 is 0. The van der Waals surface area contributed by atoms with Crippen molar-refractivity contribution in [1.82, 2.24) is 0 Å². The number of allylic oxidation sites excluding steroid dienone is 1. The highest BCUT2D eigenvalue weighted by atomic mass is 79.9. The average molecular weight is 261 g/mol. The molecule has 2 aromatic rings. The molecule has 0 nitrogen and oxygen atoms in total. The molecule has 0 unspecified atom stereocenters. The monoisotopic (exact) mass is 260 g/mol. The molecule has 2 aromatic carbocycles. The molecule has 0 aliphatic carbocycles. The van der Waals surface area contributed by atoms with E-state index in [0.29, 0.717) is 0 Å². The summed E-state index contributed by atoms with van der Waals surface area (Å²) in [7, 11) is 0. The standard InChI is InChI=1S/C14H13Br/c1-11(10-15)9-13-7-4-6-12-5-2-3-8-14(12)13/h2-9H,10H2,1H3/b11-9-. The van der Waals surface area contributed by atoms with Crippen LogP contribution < -0.4 is 0 Å². The van der Waals surface area contributed by atoms with E-state index >= 15 is 0 Å². The Kier molecular flexibility index (Phi) is 3.22. The molecule has 0 aromatic heterocycles. The summed E-state index contributed by atoms with van der Waals surface area (Å²) in [6.07, 6.45) is 2.23. The minimum atomic E-state index is 0.927. The van der Waals surface area contributed by atoms with Crippen LogP contribution in [-0.2, 0) is 0 Å². The van der Waals surface area contributed by atoms with E-state index < -0.39 is 0 Å². The highest BCUT2D eigenvalue weighted by Gasteiger charge is 1.97. The number of alkyl halides is 1. The fourth-order valence-corrected chi connectivity index (χ4v) is 1.84. The smallest absolute Gasteiger partial charge is 0.0242 e. The van der Waals surface area contributed by atoms with E-state index in [4.69, 9.17) is 0 Å². The van der Waals surface area contributed by atoms with Gasteiger partial charge in [-0.25, -0.2) is 0 Å². The molecule has 0 saturated heterocycles. The second-order valence-electron chi connectivity index (χ2n) is 3.69. The van der Waals surface area contributed by atoms with Crippen LogP contribution in [0.1, 0.15) is 12.5 Å². The Morgan fingerprint density at radius 2 is 1.87 bits per heavy atom. The molecule has 0 aliphatic heterocycles. The first-order chi connectivity index (χ1) is 7.31. The van der Waals surface area contributed by atoms with Crippen molar-refractivity contribution in [2.24, 2.45) is 0 Å². The second kappa shape index (κ2) is 4.63. The van der Waals surface area contributed by atoms with E-state index in [2.05, 4.69) is 71.4 Å². The van der Waals surface area contributed by atoms with Gasteiger partial charge < -0.3 is 0 Å². The van der Waals surface area contributed by atoms with Crippen LogP contribution in [0.4, 0.5) is 0 Å². The van der Waals surface area contributed by atoms with Gasteiger partial charge in [0, 0.05) is 5.33 Å². The van der Waals surface area contributed by atoms with E-state index in [0.717, 1.165) is 5.33 Å². The molecule has 0 spiro atoms. The molecule has 0 heterocycles. The Labute approximate surface area is 98.8 Å². The lowest BCUT2D eigenvalue weighted by Gasteiger charge is -2.02. The van der Waals surface area contributed by atoms with E-state index in [-0.39, 0.29) is 0 Å². The maximum atomic E-state index is 3.47. The molecule has 0 aliphatic rings. The normalized spacial score (nSPS) is 12.0. The number of halogens is 1. The van der Waals surface area contributed by atoms with Crippen molar-refractivity contribution < 1.29 is 0 Å². The first-order valence-corrected chi connectivity index (χ1v) is 6.14. The molecular formula is C14H13Br. The molecule has 0 bridgehead atoms. The maximum Gasteiger partial charge on any atom is 0.0242 e. The van der Waals surface area contributed by atoms with Crippen LogP contribution >= 0.6 is 15.9 Å². The number of rotatable bonds is 2. The fraction of sp³-hybridized carbons (Fsp3) is 0.143. The molecule has 0 fully saturated rings. The van der Waals surface area contributed by atoms with Crippen LogP contribution in [0.2, 0.25) is 0 Å². The van der Waals surface area contributed by atoms with E-state index in [9.17, 15) is 0 Å². The van der Waals surface area contributed by atoms with Crippen molar-refractivity contribution in [3.8, 4) is 0 Å². The largest absolute Gasteiger partial charge is 0.0880 e. The summed E-state index contributed by atoms with van der Waals surface area (Å²) in [6.45, 7) is 2.14. The molecule has 2 rings (SSSR count). The van der Waals surface area contributed by atoms with Crippen molar-refractivity contribution in [2.75, 3.05) is 5.33 Å². The summed E-state index contributed by atoms with van der Waals surface area (Å²) in [6, 6.07) is 14.9. The van der Waals surface area contributed by atoms with Gasteiger partial charge in [-0.1, -0.05) is 70.0 Å². The Balaban J connectivity index is 2.61. The van der Waals surface area contributed by atoms with Gasteiger partial charge in [0.05, 0.1) is 0 Å². The van der Waals surface area contributed by atoms with Crippen molar-refractivity contribution in [2.45, 2.75) is 6.92 Å². The third-order valence-corrected chi connectivity index (χ3v) is 3.32. The minimum absolute atomic E-state index is 0.927. The van der Waals surface area contributed by atoms with E-state index in [1.165, 1.54) is 21.9 Å². The molecular weight excluding hydrogens is 248 g/mol. The zero-order valence-electron chi connectivity index (χ0n) is 8.70. The zero-order chi connectivity index (χ0) is 10.7. The van der Waals surface area contributed by atoms with Gasteiger partial charge in [-0.3, -0.25) is 0 Å². The number of benzene rings is 2. The molecule has 0 N–H and O–H groups in total.